The molecule has 0 aliphatic carbocycles. The van der Waals surface area contributed by atoms with Crippen LogP contribution in [0.3, 0.4) is 0 Å². The first-order valence-electron chi connectivity index (χ1n) is 18.3. The van der Waals surface area contributed by atoms with E-state index in [9.17, 15) is 9.59 Å². The Morgan fingerprint density at radius 3 is 2.27 bits per heavy atom. The minimum atomic E-state index is -0.544. The Kier molecular flexibility index (Phi) is 14.2. The van der Waals surface area contributed by atoms with E-state index < -0.39 is 11.9 Å². The highest BCUT2D eigenvalue weighted by atomic mass is 16.6. The Morgan fingerprint density at radius 1 is 0.885 bits per heavy atom. The molecule has 0 fully saturated rings. The van der Waals surface area contributed by atoms with Crippen LogP contribution in [0.1, 0.15) is 118 Å². The number of aromatic nitrogens is 1. The molecule has 0 bridgehead atoms. The quantitative estimate of drug-likeness (QED) is 0.0673. The van der Waals surface area contributed by atoms with Crippen molar-refractivity contribution in [3.63, 3.8) is 0 Å². The highest BCUT2D eigenvalue weighted by Crippen LogP contribution is 2.45. The molecule has 0 N–H and O–H groups in total. The van der Waals surface area contributed by atoms with Crippen LogP contribution < -0.4 is 18.9 Å². The molecule has 4 rings (SSSR count). The Bertz CT molecular complexity index is 1860. The van der Waals surface area contributed by atoms with Crippen molar-refractivity contribution in [3.05, 3.63) is 117 Å². The second-order valence-electron chi connectivity index (χ2n) is 14.4. The summed E-state index contributed by atoms with van der Waals surface area (Å²) >= 11 is 0. The zero-order chi connectivity index (χ0) is 37.8. The number of rotatable bonds is 15. The van der Waals surface area contributed by atoms with Crippen molar-refractivity contribution in [3.8, 4) is 23.0 Å². The maximum atomic E-state index is 13.1. The number of hydrogen-bond acceptors (Lipinski definition) is 7. The summed E-state index contributed by atoms with van der Waals surface area (Å²) in [5, 5.41) is 0. The smallest absolute Gasteiger partial charge is 0.345 e. The van der Waals surface area contributed by atoms with E-state index in [0.29, 0.717) is 22.6 Å². The van der Waals surface area contributed by atoms with Crippen molar-refractivity contribution >= 4 is 18.0 Å². The molecule has 2 heterocycles. The highest BCUT2D eigenvalue weighted by Gasteiger charge is 2.34. The van der Waals surface area contributed by atoms with Gasteiger partial charge in [-0.25, -0.2) is 9.59 Å². The fraction of sp³-hybridized carbons (Fsp3) is 0.400. The number of pyridine rings is 1. The first kappa shape index (κ1) is 39.9. The molecule has 3 aromatic rings. The number of carbonyl (C=O) groups is 2. The van der Waals surface area contributed by atoms with Crippen LogP contribution in [0.2, 0.25) is 0 Å². The highest BCUT2D eigenvalue weighted by molar-refractivity contribution is 5.91. The molecule has 1 atom stereocenters. The van der Waals surface area contributed by atoms with Gasteiger partial charge in [-0.3, -0.25) is 4.98 Å². The Morgan fingerprint density at radius 2 is 1.60 bits per heavy atom. The zero-order valence-electron chi connectivity index (χ0n) is 32.5. The van der Waals surface area contributed by atoms with Crippen LogP contribution >= 0.6 is 0 Å². The average molecular weight is 706 g/mol. The van der Waals surface area contributed by atoms with Crippen LogP contribution in [0, 0.1) is 20.8 Å². The van der Waals surface area contributed by atoms with E-state index in [4.69, 9.17) is 18.9 Å². The third-order valence-electron chi connectivity index (χ3n) is 9.75. The standard InChI is InChI=1S/C45H55NO6/c1-30(2)14-10-15-31(3)16-11-17-32(4)18-12-25-45(8)26-24-38-35(7)42(33(5)34(6)43(38)52-45)51-41(47)23-21-36-20-22-39(40(28-36)49-9)50-44(48)37-19-13-27-46-29-37/h13-14,16,18-23,27-29H,10-12,15,17,24-26H2,1-9H3/b23-21?,31-16+,32-18+/t45-/m1/s1. The number of nitrogens with zero attached hydrogens (tertiary/aromatic N) is 1. The van der Waals surface area contributed by atoms with Gasteiger partial charge in [-0.05, 0) is 159 Å². The van der Waals surface area contributed by atoms with Gasteiger partial charge in [-0.1, -0.05) is 41.0 Å². The number of ether oxygens (including phenoxy) is 4. The van der Waals surface area contributed by atoms with Crippen LogP contribution in [0.4, 0.5) is 0 Å². The predicted octanol–water partition coefficient (Wildman–Crippen LogP) is 11.1. The van der Waals surface area contributed by atoms with Crippen molar-refractivity contribution in [1.29, 1.82) is 0 Å². The summed E-state index contributed by atoms with van der Waals surface area (Å²) < 4.78 is 23.7. The van der Waals surface area contributed by atoms with E-state index in [1.807, 2.05) is 20.8 Å². The monoisotopic (exact) mass is 705 g/mol. The number of benzene rings is 2. The van der Waals surface area contributed by atoms with E-state index >= 15 is 0 Å². The first-order valence-corrected chi connectivity index (χ1v) is 18.3. The maximum Gasteiger partial charge on any atom is 0.345 e. The molecular weight excluding hydrogens is 650 g/mol. The lowest BCUT2D eigenvalue weighted by atomic mass is 9.85. The third kappa shape index (κ3) is 11.0. The molecule has 1 aliphatic rings. The maximum absolute atomic E-state index is 13.1. The molecule has 276 valence electrons. The predicted molar refractivity (Wildman–Crippen MR) is 210 cm³/mol. The molecule has 52 heavy (non-hydrogen) atoms. The van der Waals surface area contributed by atoms with E-state index in [0.717, 1.165) is 79.4 Å². The zero-order valence-corrected chi connectivity index (χ0v) is 32.5. The molecule has 0 saturated carbocycles. The minimum Gasteiger partial charge on any atom is -0.493 e. The number of esters is 2. The van der Waals surface area contributed by atoms with Crippen LogP contribution in [-0.4, -0.2) is 29.6 Å². The van der Waals surface area contributed by atoms with Crippen molar-refractivity contribution in [2.45, 2.75) is 112 Å². The lowest BCUT2D eigenvalue weighted by molar-refractivity contribution is -0.129. The van der Waals surface area contributed by atoms with Crippen molar-refractivity contribution in [2.75, 3.05) is 7.11 Å². The van der Waals surface area contributed by atoms with Gasteiger partial charge in [-0.2, -0.15) is 0 Å². The van der Waals surface area contributed by atoms with Crippen molar-refractivity contribution in [1.82, 2.24) is 4.98 Å². The van der Waals surface area contributed by atoms with Gasteiger partial charge in [0.05, 0.1) is 12.7 Å². The number of allylic oxidation sites excluding steroid dienone is 6. The Balaban J connectivity index is 1.35. The molecule has 1 aromatic heterocycles. The third-order valence-corrected chi connectivity index (χ3v) is 9.75. The molecular formula is C45H55NO6. The molecule has 0 unspecified atom stereocenters. The van der Waals surface area contributed by atoms with E-state index in [-0.39, 0.29) is 11.4 Å². The number of methoxy groups -OCH3 is 1. The largest absolute Gasteiger partial charge is 0.493 e. The summed E-state index contributed by atoms with van der Waals surface area (Å²) in [4.78, 5) is 29.5. The van der Waals surface area contributed by atoms with Crippen molar-refractivity contribution < 1.29 is 28.5 Å². The van der Waals surface area contributed by atoms with Gasteiger partial charge in [-0.15, -0.1) is 0 Å². The second kappa shape index (κ2) is 18.5. The molecule has 7 nitrogen and oxygen atoms in total. The first-order chi connectivity index (χ1) is 24.8. The lowest BCUT2D eigenvalue weighted by Crippen LogP contribution is -2.37. The summed E-state index contributed by atoms with van der Waals surface area (Å²) in [6, 6.07) is 8.33. The topological polar surface area (TPSA) is 84.0 Å². The molecule has 0 amide bonds. The van der Waals surface area contributed by atoms with Crippen LogP contribution in [0.25, 0.3) is 6.08 Å². The summed E-state index contributed by atoms with van der Waals surface area (Å²) in [7, 11) is 1.49. The van der Waals surface area contributed by atoms with Crippen LogP contribution in [0.15, 0.2) is 83.7 Å². The normalized spacial score (nSPS) is 15.9. The van der Waals surface area contributed by atoms with Gasteiger partial charge in [0.1, 0.15) is 17.1 Å². The van der Waals surface area contributed by atoms with Gasteiger partial charge < -0.3 is 18.9 Å². The molecule has 0 saturated heterocycles. The molecule has 7 heteroatoms. The number of hydrogen-bond donors (Lipinski definition) is 0. The van der Waals surface area contributed by atoms with Gasteiger partial charge in [0.25, 0.3) is 0 Å². The number of carbonyl (C=O) groups excluding carboxylic acids is 2. The molecule has 2 aromatic carbocycles. The van der Waals surface area contributed by atoms with Gasteiger partial charge in [0.2, 0.25) is 0 Å². The van der Waals surface area contributed by atoms with Gasteiger partial charge in [0.15, 0.2) is 11.5 Å². The lowest BCUT2D eigenvalue weighted by Gasteiger charge is -2.38. The van der Waals surface area contributed by atoms with Crippen LogP contribution in [0.5, 0.6) is 23.0 Å². The average Bonchev–Trinajstić information content (AvgIpc) is 3.12. The molecule has 0 radical (unpaired) electrons. The van der Waals surface area contributed by atoms with Gasteiger partial charge in [0, 0.05) is 24.0 Å². The van der Waals surface area contributed by atoms with E-state index in [2.05, 4.69) is 57.8 Å². The fourth-order valence-electron chi connectivity index (χ4n) is 6.39. The second-order valence-corrected chi connectivity index (χ2v) is 14.4. The minimum absolute atomic E-state index is 0.260. The Labute approximate surface area is 310 Å². The number of fused-ring (bicyclic) bond motifs is 1. The van der Waals surface area contributed by atoms with Crippen LogP contribution in [-0.2, 0) is 11.2 Å². The SMILES string of the molecule is COc1cc(C=CC(=O)Oc2c(C)c(C)c3c(c2C)CC[C@@](C)(CC/C=C(\C)CC/C=C(\C)CCC=C(C)C)O3)ccc1OC(=O)c1cccnc1. The van der Waals surface area contributed by atoms with Gasteiger partial charge >= 0.3 is 11.9 Å². The molecule has 0 spiro atoms. The Hall–Kier alpha value is -4.91. The van der Waals surface area contributed by atoms with E-state index in [1.54, 1.807) is 42.6 Å². The van der Waals surface area contributed by atoms with E-state index in [1.165, 1.54) is 36.1 Å². The molecule has 1 aliphatic heterocycles. The summed E-state index contributed by atoms with van der Waals surface area (Å²) in [5.41, 5.74) is 8.95. The summed E-state index contributed by atoms with van der Waals surface area (Å²) in [6.07, 6.45) is 21.2. The van der Waals surface area contributed by atoms with Crippen molar-refractivity contribution in [2.24, 2.45) is 0 Å². The fourth-order valence-corrected chi connectivity index (χ4v) is 6.39. The summed E-state index contributed by atoms with van der Waals surface area (Å²) in [6.45, 7) is 17.0. The summed E-state index contributed by atoms with van der Waals surface area (Å²) in [5.74, 6) is 1.08.